The molecule has 0 saturated carbocycles. The fourth-order valence-corrected chi connectivity index (χ4v) is 3.38. The number of hydrogen-bond donors (Lipinski definition) is 2. The maximum Gasteiger partial charge on any atom is 0.406 e. The molecule has 9 heteroatoms. The van der Waals surface area contributed by atoms with Crippen LogP contribution in [0.3, 0.4) is 0 Å². The lowest BCUT2D eigenvalue weighted by Gasteiger charge is -2.25. The van der Waals surface area contributed by atoms with E-state index >= 15 is 0 Å². The summed E-state index contributed by atoms with van der Waals surface area (Å²) in [6.07, 6.45) is -3.45. The van der Waals surface area contributed by atoms with Crippen molar-refractivity contribution in [1.82, 2.24) is 15.1 Å². The SMILES string of the molecule is Cc1cc2c(c3cn[nH]c13)CN(CC(F)(F)F)C(=O)C(CC(=O)O)C2. The number of hydrogen-bond acceptors (Lipinski definition) is 3. The molecule has 1 aromatic carbocycles. The van der Waals surface area contributed by atoms with Crippen molar-refractivity contribution in [3.05, 3.63) is 29.0 Å². The van der Waals surface area contributed by atoms with Gasteiger partial charge in [0.25, 0.3) is 0 Å². The molecule has 25 heavy (non-hydrogen) atoms. The van der Waals surface area contributed by atoms with Crippen LogP contribution >= 0.6 is 0 Å². The second-order valence-corrected chi connectivity index (χ2v) is 6.30. The fraction of sp³-hybridized carbons (Fsp3) is 0.438. The van der Waals surface area contributed by atoms with E-state index in [4.69, 9.17) is 5.11 Å². The van der Waals surface area contributed by atoms with Gasteiger partial charge in [0, 0.05) is 11.9 Å². The first kappa shape index (κ1) is 17.2. The number of aliphatic carboxylic acids is 1. The van der Waals surface area contributed by atoms with E-state index in [1.165, 1.54) is 6.20 Å². The van der Waals surface area contributed by atoms with Crippen molar-refractivity contribution in [2.75, 3.05) is 6.54 Å². The van der Waals surface area contributed by atoms with Gasteiger partial charge < -0.3 is 10.0 Å². The zero-order chi connectivity index (χ0) is 18.4. The molecule has 134 valence electrons. The van der Waals surface area contributed by atoms with Gasteiger partial charge in [-0.25, -0.2) is 0 Å². The molecule has 2 aromatic rings. The van der Waals surface area contributed by atoms with Gasteiger partial charge >= 0.3 is 12.1 Å². The summed E-state index contributed by atoms with van der Waals surface area (Å²) >= 11 is 0. The number of nitrogens with zero attached hydrogens (tertiary/aromatic N) is 2. The number of amides is 1. The fourth-order valence-electron chi connectivity index (χ4n) is 3.38. The van der Waals surface area contributed by atoms with Crippen LogP contribution in [0.5, 0.6) is 0 Å². The molecule has 0 fully saturated rings. The van der Waals surface area contributed by atoms with Gasteiger partial charge in [-0.1, -0.05) is 6.07 Å². The summed E-state index contributed by atoms with van der Waals surface area (Å²) in [6, 6.07) is 1.79. The zero-order valence-electron chi connectivity index (χ0n) is 13.4. The number of rotatable bonds is 3. The van der Waals surface area contributed by atoms with Gasteiger partial charge in [0.15, 0.2) is 0 Å². The van der Waals surface area contributed by atoms with Crippen LogP contribution in [0.2, 0.25) is 0 Å². The second kappa shape index (κ2) is 6.05. The van der Waals surface area contributed by atoms with E-state index in [1.807, 2.05) is 6.92 Å². The number of aryl methyl sites for hydroxylation is 1. The molecule has 6 nitrogen and oxygen atoms in total. The Hall–Kier alpha value is -2.58. The molecule has 2 N–H and O–H groups in total. The first-order valence-electron chi connectivity index (χ1n) is 7.67. The van der Waals surface area contributed by atoms with E-state index in [9.17, 15) is 22.8 Å². The average Bonchev–Trinajstić information content (AvgIpc) is 2.93. The number of carboxylic acid groups (broad SMARTS) is 1. The standard InChI is InChI=1S/C16H16F3N3O3/c1-8-2-9-3-10(4-13(23)24)15(25)22(7-16(17,18)19)6-12(9)11-5-20-21-14(8)11/h2,5,10H,3-4,6-7H2,1H3,(H,20,21)(H,23,24). The Labute approximate surface area is 140 Å². The summed E-state index contributed by atoms with van der Waals surface area (Å²) in [6.45, 7) is 0.196. The highest BCUT2D eigenvalue weighted by atomic mass is 19.4. The van der Waals surface area contributed by atoms with Crippen molar-refractivity contribution < 1.29 is 27.9 Å². The molecule has 0 radical (unpaired) electrons. The maximum atomic E-state index is 12.9. The molecule has 1 aliphatic heterocycles. The first-order chi connectivity index (χ1) is 11.7. The third-order valence-corrected chi connectivity index (χ3v) is 4.40. The van der Waals surface area contributed by atoms with Gasteiger partial charge in [-0.05, 0) is 30.0 Å². The molecule has 1 unspecified atom stereocenters. The van der Waals surface area contributed by atoms with Crippen LogP contribution < -0.4 is 0 Å². The van der Waals surface area contributed by atoms with Crippen molar-refractivity contribution in [1.29, 1.82) is 0 Å². The summed E-state index contributed by atoms with van der Waals surface area (Å²) in [4.78, 5) is 24.3. The van der Waals surface area contributed by atoms with E-state index in [0.717, 1.165) is 5.56 Å². The van der Waals surface area contributed by atoms with Gasteiger partial charge in [-0.3, -0.25) is 14.7 Å². The van der Waals surface area contributed by atoms with E-state index < -0.39 is 36.9 Å². The van der Waals surface area contributed by atoms with E-state index in [-0.39, 0.29) is 13.0 Å². The quantitative estimate of drug-likeness (QED) is 0.885. The lowest BCUT2D eigenvalue weighted by Crippen LogP contribution is -2.41. The van der Waals surface area contributed by atoms with Gasteiger partial charge in [-0.2, -0.15) is 18.3 Å². The lowest BCUT2D eigenvalue weighted by molar-refractivity contribution is -0.165. The molecule has 1 aromatic heterocycles. The number of carboxylic acids is 1. The van der Waals surface area contributed by atoms with Crippen LogP contribution in [0.25, 0.3) is 10.9 Å². The number of halogens is 3. The van der Waals surface area contributed by atoms with Gasteiger partial charge in [0.05, 0.1) is 24.1 Å². The van der Waals surface area contributed by atoms with Crippen LogP contribution in [-0.2, 0) is 22.6 Å². The minimum absolute atomic E-state index is 0.0940. The van der Waals surface area contributed by atoms with Crippen LogP contribution in [0.4, 0.5) is 13.2 Å². The number of carbonyl (C=O) groups is 2. The summed E-state index contributed by atoms with van der Waals surface area (Å²) in [5.41, 5.74) is 2.82. The Morgan fingerprint density at radius 3 is 2.84 bits per heavy atom. The number of carbonyl (C=O) groups excluding carboxylic acids is 1. The van der Waals surface area contributed by atoms with Crippen molar-refractivity contribution in [3.63, 3.8) is 0 Å². The van der Waals surface area contributed by atoms with E-state index in [0.29, 0.717) is 26.9 Å². The average molecular weight is 355 g/mol. The molecule has 2 heterocycles. The summed E-state index contributed by atoms with van der Waals surface area (Å²) in [5.74, 6) is -3.02. The molecular formula is C16H16F3N3O3. The Kier molecular flexibility index (Phi) is 4.18. The molecule has 1 amide bonds. The highest BCUT2D eigenvalue weighted by molar-refractivity contribution is 5.89. The number of benzene rings is 1. The third kappa shape index (κ3) is 3.45. The minimum atomic E-state index is -4.56. The van der Waals surface area contributed by atoms with Crippen molar-refractivity contribution in [2.45, 2.75) is 32.5 Å². The molecule has 1 aliphatic rings. The predicted molar refractivity (Wildman–Crippen MR) is 81.7 cm³/mol. The number of H-pyrrole nitrogens is 1. The minimum Gasteiger partial charge on any atom is -0.481 e. The molecule has 3 rings (SSSR count). The second-order valence-electron chi connectivity index (χ2n) is 6.30. The maximum absolute atomic E-state index is 12.9. The Morgan fingerprint density at radius 1 is 1.48 bits per heavy atom. The summed E-state index contributed by atoms with van der Waals surface area (Å²) in [5, 5.41) is 16.4. The van der Waals surface area contributed by atoms with Crippen molar-refractivity contribution in [3.8, 4) is 0 Å². The number of aromatic nitrogens is 2. The lowest BCUT2D eigenvalue weighted by atomic mass is 9.91. The van der Waals surface area contributed by atoms with E-state index in [2.05, 4.69) is 10.2 Å². The van der Waals surface area contributed by atoms with Crippen LogP contribution in [0.1, 0.15) is 23.1 Å². The van der Waals surface area contributed by atoms with Crippen molar-refractivity contribution in [2.24, 2.45) is 5.92 Å². The first-order valence-corrected chi connectivity index (χ1v) is 7.67. The predicted octanol–water partition coefficient (Wildman–Crippen LogP) is 2.41. The zero-order valence-corrected chi connectivity index (χ0v) is 13.4. The number of fused-ring (bicyclic) bond motifs is 3. The Balaban J connectivity index is 2.11. The highest BCUT2D eigenvalue weighted by Crippen LogP contribution is 2.33. The number of aromatic amines is 1. The smallest absolute Gasteiger partial charge is 0.406 e. The van der Waals surface area contributed by atoms with E-state index in [1.54, 1.807) is 6.07 Å². The molecule has 0 bridgehead atoms. The van der Waals surface area contributed by atoms with Gasteiger partial charge in [0.2, 0.25) is 5.91 Å². The summed E-state index contributed by atoms with van der Waals surface area (Å²) < 4.78 is 38.7. The monoisotopic (exact) mass is 355 g/mol. The topological polar surface area (TPSA) is 86.3 Å². The molecule has 0 spiro atoms. The van der Waals surface area contributed by atoms with Gasteiger partial charge in [0.1, 0.15) is 6.54 Å². The molecule has 1 atom stereocenters. The van der Waals surface area contributed by atoms with Crippen LogP contribution in [0.15, 0.2) is 12.3 Å². The summed E-state index contributed by atoms with van der Waals surface area (Å²) in [7, 11) is 0. The number of alkyl halides is 3. The number of nitrogens with one attached hydrogen (secondary N) is 1. The largest absolute Gasteiger partial charge is 0.481 e. The van der Waals surface area contributed by atoms with Gasteiger partial charge in [-0.15, -0.1) is 0 Å². The van der Waals surface area contributed by atoms with Crippen LogP contribution in [-0.4, -0.2) is 44.8 Å². The third-order valence-electron chi connectivity index (χ3n) is 4.40. The molecular weight excluding hydrogens is 339 g/mol. The van der Waals surface area contributed by atoms with Crippen molar-refractivity contribution >= 4 is 22.8 Å². The van der Waals surface area contributed by atoms with Crippen LogP contribution in [0, 0.1) is 12.8 Å². The molecule has 0 saturated heterocycles. The Morgan fingerprint density at radius 2 is 2.20 bits per heavy atom. The normalized spacial score (nSPS) is 18.3. The highest BCUT2D eigenvalue weighted by Gasteiger charge is 2.38. The molecule has 0 aliphatic carbocycles. The Bertz CT molecular complexity index is 844.